The number of nitrogens with one attached hydrogen (secondary N) is 2. The third-order valence-corrected chi connectivity index (χ3v) is 6.25. The van der Waals surface area contributed by atoms with E-state index >= 15 is 0 Å². The minimum Gasteiger partial charge on any atom is -0.489 e. The molecule has 5 rings (SSSR count). The first kappa shape index (κ1) is 20.9. The summed E-state index contributed by atoms with van der Waals surface area (Å²) in [5.74, 6) is 1.06. The maximum atomic E-state index is 12.8. The number of anilines is 1. The number of ether oxygens (including phenoxy) is 1. The number of nitrogens with two attached hydrogens (primary N) is 2. The number of hydrazine groups is 1. The molecule has 2 aliphatic heterocycles. The van der Waals surface area contributed by atoms with Gasteiger partial charge < -0.3 is 21.5 Å². The van der Waals surface area contributed by atoms with Crippen LogP contribution in [0.3, 0.4) is 0 Å². The van der Waals surface area contributed by atoms with E-state index in [-0.39, 0.29) is 6.04 Å². The van der Waals surface area contributed by atoms with Crippen molar-refractivity contribution in [3.8, 4) is 5.75 Å². The van der Waals surface area contributed by atoms with Crippen LogP contribution in [0.15, 0.2) is 90.8 Å². The molecule has 33 heavy (non-hydrogen) atoms. The Bertz CT molecular complexity index is 1180. The number of hydrogen-bond acceptors (Lipinski definition) is 6. The molecule has 2 aliphatic rings. The number of carbonyl (C=O) groups is 1. The molecule has 2 unspecified atom stereocenters. The summed E-state index contributed by atoms with van der Waals surface area (Å²) >= 11 is 0. The SMILES string of the molecule is NC(=O)C1(c2ccc(OCc3ccccc3)cc2)C=C2NCCC(c3ccccc3N)N2N1. The number of benzene rings is 3. The lowest BCUT2D eigenvalue weighted by molar-refractivity contribution is -0.124. The second kappa shape index (κ2) is 8.52. The average molecular weight is 442 g/mol. The van der Waals surface area contributed by atoms with E-state index in [4.69, 9.17) is 16.2 Å². The van der Waals surface area contributed by atoms with Gasteiger partial charge in [0.05, 0.1) is 6.04 Å². The molecular formula is C26H27N5O2. The van der Waals surface area contributed by atoms with Gasteiger partial charge in [0.2, 0.25) is 5.91 Å². The quantitative estimate of drug-likeness (QED) is 0.439. The zero-order valence-corrected chi connectivity index (χ0v) is 18.2. The molecule has 1 saturated heterocycles. The van der Waals surface area contributed by atoms with Gasteiger partial charge in [0.25, 0.3) is 0 Å². The summed E-state index contributed by atoms with van der Waals surface area (Å²) in [5.41, 5.74) is 18.0. The standard InChI is InChI=1S/C26H27N5O2/c27-22-9-5-4-8-21(22)23-14-15-29-24-16-26(25(28)32,30-31(23)24)19-10-12-20(13-11-19)33-17-18-6-2-1-3-7-18/h1-13,16,23,29-30H,14-15,17,27H2,(H2,28,32). The first-order valence-corrected chi connectivity index (χ1v) is 11.0. The Hall–Kier alpha value is -3.97. The molecule has 0 aromatic heterocycles. The maximum absolute atomic E-state index is 12.8. The van der Waals surface area contributed by atoms with Crippen molar-refractivity contribution in [3.63, 3.8) is 0 Å². The highest BCUT2D eigenvalue weighted by molar-refractivity contribution is 5.89. The van der Waals surface area contributed by atoms with Gasteiger partial charge in [-0.25, -0.2) is 5.43 Å². The number of hydrogen-bond donors (Lipinski definition) is 4. The first-order valence-electron chi connectivity index (χ1n) is 11.0. The fourth-order valence-corrected chi connectivity index (χ4v) is 4.49. The lowest BCUT2D eigenvalue weighted by Gasteiger charge is -2.39. The summed E-state index contributed by atoms with van der Waals surface area (Å²) in [6.45, 7) is 1.24. The molecule has 3 aromatic carbocycles. The molecule has 0 spiro atoms. The fraction of sp³-hybridized carbons (Fsp3) is 0.192. The van der Waals surface area contributed by atoms with Gasteiger partial charge >= 0.3 is 0 Å². The van der Waals surface area contributed by atoms with E-state index in [1.165, 1.54) is 0 Å². The van der Waals surface area contributed by atoms with E-state index in [0.717, 1.165) is 46.9 Å². The number of amides is 1. The second-order valence-corrected chi connectivity index (χ2v) is 8.34. The smallest absolute Gasteiger partial charge is 0.248 e. The van der Waals surface area contributed by atoms with Gasteiger partial charge in [-0.05, 0) is 47.4 Å². The first-order chi connectivity index (χ1) is 16.1. The van der Waals surface area contributed by atoms with Crippen LogP contribution in [0.4, 0.5) is 5.69 Å². The van der Waals surface area contributed by atoms with Crippen LogP contribution in [-0.2, 0) is 16.9 Å². The molecular weight excluding hydrogens is 414 g/mol. The van der Waals surface area contributed by atoms with Crippen molar-refractivity contribution < 1.29 is 9.53 Å². The van der Waals surface area contributed by atoms with Crippen molar-refractivity contribution in [2.24, 2.45) is 5.73 Å². The Kier molecular flexibility index (Phi) is 5.40. The van der Waals surface area contributed by atoms with Crippen LogP contribution in [-0.4, -0.2) is 17.5 Å². The van der Waals surface area contributed by atoms with Gasteiger partial charge in [-0.15, -0.1) is 0 Å². The van der Waals surface area contributed by atoms with Crippen molar-refractivity contribution in [2.75, 3.05) is 12.3 Å². The van der Waals surface area contributed by atoms with Gasteiger partial charge in [0, 0.05) is 12.2 Å². The van der Waals surface area contributed by atoms with E-state index in [9.17, 15) is 4.79 Å². The van der Waals surface area contributed by atoms with Gasteiger partial charge in [0.15, 0.2) is 5.54 Å². The third kappa shape index (κ3) is 3.87. The van der Waals surface area contributed by atoms with Crippen LogP contribution < -0.4 is 26.9 Å². The topological polar surface area (TPSA) is 106 Å². The molecule has 3 aromatic rings. The summed E-state index contributed by atoms with van der Waals surface area (Å²) in [4.78, 5) is 12.8. The van der Waals surface area contributed by atoms with Crippen molar-refractivity contribution in [2.45, 2.75) is 24.6 Å². The van der Waals surface area contributed by atoms with Gasteiger partial charge in [-0.3, -0.25) is 9.80 Å². The van der Waals surface area contributed by atoms with Crippen molar-refractivity contribution in [3.05, 3.63) is 107 Å². The van der Waals surface area contributed by atoms with E-state index in [1.54, 1.807) is 0 Å². The highest BCUT2D eigenvalue weighted by Crippen LogP contribution is 2.40. The predicted octanol–water partition coefficient (Wildman–Crippen LogP) is 2.92. The van der Waals surface area contributed by atoms with Crippen LogP contribution in [0.25, 0.3) is 0 Å². The lowest BCUT2D eigenvalue weighted by Crippen LogP contribution is -2.55. The van der Waals surface area contributed by atoms with E-state index in [2.05, 4.69) is 10.7 Å². The van der Waals surface area contributed by atoms with Crippen LogP contribution in [0.1, 0.15) is 29.2 Å². The molecule has 168 valence electrons. The normalized spacial score (nSPS) is 21.6. The number of para-hydroxylation sites is 1. The predicted molar refractivity (Wildman–Crippen MR) is 127 cm³/mol. The second-order valence-electron chi connectivity index (χ2n) is 8.34. The van der Waals surface area contributed by atoms with Crippen LogP contribution in [0, 0.1) is 0 Å². The van der Waals surface area contributed by atoms with Crippen molar-refractivity contribution >= 4 is 11.6 Å². The van der Waals surface area contributed by atoms with Crippen LogP contribution in [0.5, 0.6) is 5.75 Å². The number of carbonyl (C=O) groups excluding carboxylic acids is 1. The minimum absolute atomic E-state index is 0.0200. The molecule has 2 heterocycles. The Labute approximate surface area is 193 Å². The zero-order valence-electron chi connectivity index (χ0n) is 18.2. The molecule has 7 nitrogen and oxygen atoms in total. The number of nitrogen functional groups attached to an aromatic ring is 1. The third-order valence-electron chi connectivity index (χ3n) is 6.25. The zero-order chi connectivity index (χ0) is 22.8. The monoisotopic (exact) mass is 441 g/mol. The Morgan fingerprint density at radius 3 is 2.48 bits per heavy atom. The number of rotatable bonds is 6. The molecule has 0 aliphatic carbocycles. The summed E-state index contributed by atoms with van der Waals surface area (Å²) < 4.78 is 5.90. The van der Waals surface area contributed by atoms with Gasteiger partial charge in [-0.2, -0.15) is 0 Å². The molecule has 6 N–H and O–H groups in total. The van der Waals surface area contributed by atoms with Crippen molar-refractivity contribution in [1.29, 1.82) is 0 Å². The summed E-state index contributed by atoms with van der Waals surface area (Å²) in [5, 5.41) is 5.35. The van der Waals surface area contributed by atoms with E-state index in [1.807, 2.05) is 89.9 Å². The molecule has 1 fully saturated rings. The lowest BCUT2D eigenvalue weighted by atomic mass is 9.90. The number of fused-ring (bicyclic) bond motifs is 1. The van der Waals surface area contributed by atoms with E-state index < -0.39 is 11.4 Å². The summed E-state index contributed by atoms with van der Waals surface area (Å²) in [6.07, 6.45) is 2.69. The minimum atomic E-state index is -1.17. The molecule has 1 amide bonds. The Balaban J connectivity index is 1.40. The van der Waals surface area contributed by atoms with Crippen molar-refractivity contribution in [1.82, 2.24) is 15.8 Å². The highest BCUT2D eigenvalue weighted by Gasteiger charge is 2.47. The molecule has 0 saturated carbocycles. The Morgan fingerprint density at radius 2 is 1.76 bits per heavy atom. The molecule has 0 radical (unpaired) electrons. The van der Waals surface area contributed by atoms with Gasteiger partial charge in [0.1, 0.15) is 18.2 Å². The fourth-order valence-electron chi connectivity index (χ4n) is 4.49. The Morgan fingerprint density at radius 1 is 1.03 bits per heavy atom. The number of nitrogens with zero attached hydrogens (tertiary/aromatic N) is 1. The van der Waals surface area contributed by atoms with Crippen LogP contribution >= 0.6 is 0 Å². The van der Waals surface area contributed by atoms with E-state index in [0.29, 0.717) is 6.61 Å². The molecule has 0 bridgehead atoms. The maximum Gasteiger partial charge on any atom is 0.248 e. The highest BCUT2D eigenvalue weighted by atomic mass is 16.5. The number of primary amides is 1. The summed E-state index contributed by atoms with van der Waals surface area (Å²) in [6, 6.07) is 25.2. The summed E-state index contributed by atoms with van der Waals surface area (Å²) in [7, 11) is 0. The van der Waals surface area contributed by atoms with Gasteiger partial charge in [-0.1, -0.05) is 60.7 Å². The molecule has 7 heteroatoms. The largest absolute Gasteiger partial charge is 0.489 e. The average Bonchev–Trinajstić information content (AvgIpc) is 3.26. The molecule has 2 atom stereocenters. The van der Waals surface area contributed by atoms with Crippen LogP contribution in [0.2, 0.25) is 0 Å².